The Labute approximate surface area is 140 Å². The SMILES string of the molecule is CCn1cnc(NC(=O)Nc2ccc(-c3ccncc3)c(C)c2)c1. The van der Waals surface area contributed by atoms with E-state index in [2.05, 4.69) is 20.6 Å². The molecule has 0 saturated heterocycles. The summed E-state index contributed by atoms with van der Waals surface area (Å²) in [5, 5.41) is 5.55. The fraction of sp³-hybridized carbons (Fsp3) is 0.167. The first-order valence-electron chi connectivity index (χ1n) is 7.76. The summed E-state index contributed by atoms with van der Waals surface area (Å²) in [5.41, 5.74) is 4.03. The smallest absolute Gasteiger partial charge is 0.324 e. The van der Waals surface area contributed by atoms with E-state index in [1.54, 1.807) is 24.9 Å². The van der Waals surface area contributed by atoms with E-state index >= 15 is 0 Å². The average Bonchev–Trinajstić information content (AvgIpc) is 3.03. The van der Waals surface area contributed by atoms with Crippen LogP contribution in [0.4, 0.5) is 16.3 Å². The molecule has 2 heterocycles. The number of imidazole rings is 1. The maximum absolute atomic E-state index is 12.1. The highest BCUT2D eigenvalue weighted by atomic mass is 16.2. The molecule has 1 aromatic carbocycles. The number of hydrogen-bond donors (Lipinski definition) is 2. The third kappa shape index (κ3) is 3.60. The number of rotatable bonds is 4. The van der Waals surface area contributed by atoms with Crippen LogP contribution >= 0.6 is 0 Å². The number of urea groups is 1. The molecule has 3 aromatic rings. The number of benzene rings is 1. The van der Waals surface area contributed by atoms with Crippen LogP contribution in [0.1, 0.15) is 12.5 Å². The van der Waals surface area contributed by atoms with E-state index in [0.717, 1.165) is 28.9 Å². The molecule has 6 heteroatoms. The summed E-state index contributed by atoms with van der Waals surface area (Å²) in [4.78, 5) is 20.2. The van der Waals surface area contributed by atoms with Gasteiger partial charge in [-0.25, -0.2) is 9.78 Å². The van der Waals surface area contributed by atoms with Crippen molar-refractivity contribution < 1.29 is 4.79 Å². The van der Waals surface area contributed by atoms with Gasteiger partial charge in [0, 0.05) is 30.8 Å². The van der Waals surface area contributed by atoms with E-state index in [-0.39, 0.29) is 6.03 Å². The lowest BCUT2D eigenvalue weighted by atomic mass is 10.0. The van der Waals surface area contributed by atoms with Crippen molar-refractivity contribution in [2.45, 2.75) is 20.4 Å². The van der Waals surface area contributed by atoms with Gasteiger partial charge >= 0.3 is 6.03 Å². The van der Waals surface area contributed by atoms with Crippen LogP contribution in [-0.4, -0.2) is 20.6 Å². The highest BCUT2D eigenvalue weighted by Crippen LogP contribution is 2.25. The molecule has 0 radical (unpaired) electrons. The van der Waals surface area contributed by atoms with Crippen molar-refractivity contribution in [1.82, 2.24) is 14.5 Å². The first kappa shape index (κ1) is 15.7. The lowest BCUT2D eigenvalue weighted by Gasteiger charge is -2.10. The van der Waals surface area contributed by atoms with E-state index in [0.29, 0.717) is 5.82 Å². The van der Waals surface area contributed by atoms with Crippen molar-refractivity contribution in [2.75, 3.05) is 10.6 Å². The van der Waals surface area contributed by atoms with Gasteiger partial charge in [-0.2, -0.15) is 0 Å². The minimum absolute atomic E-state index is 0.313. The van der Waals surface area contributed by atoms with Crippen LogP contribution in [-0.2, 0) is 6.54 Å². The van der Waals surface area contributed by atoms with Crippen LogP contribution in [0.3, 0.4) is 0 Å². The molecule has 2 amide bonds. The highest BCUT2D eigenvalue weighted by Gasteiger charge is 2.07. The minimum Gasteiger partial charge on any atom is -0.336 e. The number of amides is 2. The molecule has 0 unspecified atom stereocenters. The summed E-state index contributed by atoms with van der Waals surface area (Å²) in [6.45, 7) is 4.84. The zero-order chi connectivity index (χ0) is 16.9. The largest absolute Gasteiger partial charge is 0.336 e. The summed E-state index contributed by atoms with van der Waals surface area (Å²) in [5.74, 6) is 0.527. The molecule has 24 heavy (non-hydrogen) atoms. The van der Waals surface area contributed by atoms with E-state index in [1.807, 2.05) is 48.7 Å². The van der Waals surface area contributed by atoms with Crippen molar-refractivity contribution in [3.8, 4) is 11.1 Å². The number of carbonyl (C=O) groups is 1. The number of nitrogens with one attached hydrogen (secondary N) is 2. The summed E-state index contributed by atoms with van der Waals surface area (Å²) in [7, 11) is 0. The molecule has 0 aliphatic carbocycles. The molecular formula is C18H19N5O. The van der Waals surface area contributed by atoms with Gasteiger partial charge in [-0.1, -0.05) is 6.07 Å². The van der Waals surface area contributed by atoms with Crippen molar-refractivity contribution in [2.24, 2.45) is 0 Å². The van der Waals surface area contributed by atoms with E-state index < -0.39 is 0 Å². The fourth-order valence-corrected chi connectivity index (χ4v) is 2.47. The lowest BCUT2D eigenvalue weighted by molar-refractivity contribution is 0.262. The average molecular weight is 321 g/mol. The molecule has 2 N–H and O–H groups in total. The van der Waals surface area contributed by atoms with Gasteiger partial charge in [0.1, 0.15) is 0 Å². The zero-order valence-electron chi connectivity index (χ0n) is 13.7. The number of nitrogens with zero attached hydrogens (tertiary/aromatic N) is 3. The van der Waals surface area contributed by atoms with Gasteiger partial charge in [0.25, 0.3) is 0 Å². The molecule has 0 fully saturated rings. The summed E-state index contributed by atoms with van der Waals surface area (Å²) in [6.07, 6.45) is 7.01. The second kappa shape index (κ2) is 6.95. The van der Waals surface area contributed by atoms with Gasteiger partial charge in [0.05, 0.1) is 6.33 Å². The molecule has 0 aliphatic heterocycles. The number of pyridine rings is 1. The predicted molar refractivity (Wildman–Crippen MR) is 95.0 cm³/mol. The standard InChI is InChI=1S/C18H19N5O/c1-3-23-11-17(20-12-23)22-18(24)21-15-4-5-16(13(2)10-15)14-6-8-19-9-7-14/h4-12H,3H2,1-2H3,(H2,21,22,24). The molecule has 3 rings (SSSR count). The fourth-order valence-electron chi connectivity index (χ4n) is 2.47. The molecule has 0 atom stereocenters. The van der Waals surface area contributed by atoms with Gasteiger partial charge in [-0.05, 0) is 54.8 Å². The number of carbonyl (C=O) groups excluding carboxylic acids is 1. The molecule has 2 aromatic heterocycles. The van der Waals surface area contributed by atoms with Gasteiger partial charge in [0.15, 0.2) is 5.82 Å². The van der Waals surface area contributed by atoms with Crippen LogP contribution < -0.4 is 10.6 Å². The topological polar surface area (TPSA) is 71.8 Å². The Hall–Kier alpha value is -3.15. The molecule has 0 spiro atoms. The van der Waals surface area contributed by atoms with E-state index in [4.69, 9.17) is 0 Å². The first-order valence-corrected chi connectivity index (χ1v) is 7.76. The Bertz CT molecular complexity index is 842. The summed E-state index contributed by atoms with van der Waals surface area (Å²) >= 11 is 0. The normalized spacial score (nSPS) is 10.4. The monoisotopic (exact) mass is 321 g/mol. The molecule has 6 nitrogen and oxygen atoms in total. The van der Waals surface area contributed by atoms with Gasteiger partial charge in [-0.3, -0.25) is 10.3 Å². The lowest BCUT2D eigenvalue weighted by Crippen LogP contribution is -2.19. The van der Waals surface area contributed by atoms with E-state index in [1.165, 1.54) is 0 Å². The second-order valence-corrected chi connectivity index (χ2v) is 5.43. The van der Waals surface area contributed by atoms with Crippen molar-refractivity contribution >= 4 is 17.5 Å². The molecule has 0 aliphatic rings. The number of aryl methyl sites for hydroxylation is 2. The maximum Gasteiger partial charge on any atom is 0.324 e. The highest BCUT2D eigenvalue weighted by molar-refractivity contribution is 5.99. The minimum atomic E-state index is -0.313. The Kier molecular flexibility index (Phi) is 4.56. The summed E-state index contributed by atoms with van der Waals surface area (Å²) < 4.78 is 1.89. The van der Waals surface area contributed by atoms with Crippen LogP contribution in [0.25, 0.3) is 11.1 Å². The maximum atomic E-state index is 12.1. The molecule has 0 saturated carbocycles. The summed E-state index contributed by atoms with van der Waals surface area (Å²) in [6, 6.07) is 9.43. The van der Waals surface area contributed by atoms with Crippen molar-refractivity contribution in [3.05, 3.63) is 60.8 Å². The molecular weight excluding hydrogens is 302 g/mol. The first-order chi connectivity index (χ1) is 11.7. The van der Waals surface area contributed by atoms with Crippen LogP contribution in [0.2, 0.25) is 0 Å². The van der Waals surface area contributed by atoms with Crippen LogP contribution in [0.15, 0.2) is 55.2 Å². The number of anilines is 2. The van der Waals surface area contributed by atoms with Crippen LogP contribution in [0, 0.1) is 6.92 Å². The second-order valence-electron chi connectivity index (χ2n) is 5.43. The zero-order valence-corrected chi connectivity index (χ0v) is 13.7. The van der Waals surface area contributed by atoms with Crippen molar-refractivity contribution in [3.63, 3.8) is 0 Å². The number of aromatic nitrogens is 3. The Balaban J connectivity index is 1.69. The molecule has 122 valence electrons. The van der Waals surface area contributed by atoms with Gasteiger partial charge in [-0.15, -0.1) is 0 Å². The quantitative estimate of drug-likeness (QED) is 0.765. The molecule has 0 bridgehead atoms. The van der Waals surface area contributed by atoms with Crippen molar-refractivity contribution in [1.29, 1.82) is 0 Å². The van der Waals surface area contributed by atoms with E-state index in [9.17, 15) is 4.79 Å². The Morgan fingerprint density at radius 2 is 1.96 bits per heavy atom. The third-order valence-corrected chi connectivity index (χ3v) is 3.72. The Morgan fingerprint density at radius 3 is 2.62 bits per heavy atom. The third-order valence-electron chi connectivity index (χ3n) is 3.72. The Morgan fingerprint density at radius 1 is 1.17 bits per heavy atom. The number of hydrogen-bond acceptors (Lipinski definition) is 3. The van der Waals surface area contributed by atoms with Gasteiger partial charge in [0.2, 0.25) is 0 Å². The predicted octanol–water partition coefficient (Wildman–Crippen LogP) is 3.92. The van der Waals surface area contributed by atoms with Gasteiger partial charge < -0.3 is 9.88 Å². The van der Waals surface area contributed by atoms with Crippen LogP contribution in [0.5, 0.6) is 0 Å².